The van der Waals surface area contributed by atoms with Crippen LogP contribution in [0.25, 0.3) is 0 Å². The van der Waals surface area contributed by atoms with Crippen molar-refractivity contribution in [2.75, 3.05) is 19.6 Å². The molecule has 2 atom stereocenters. The van der Waals surface area contributed by atoms with Crippen molar-refractivity contribution in [1.29, 1.82) is 5.41 Å². The maximum absolute atomic E-state index is 13.9. The molecule has 1 heterocycles. The molecule has 2 fully saturated rings. The Balaban J connectivity index is 1.58. The number of amides is 2. The van der Waals surface area contributed by atoms with Crippen molar-refractivity contribution >= 4 is 17.6 Å². The molecule has 6 N–H and O–H groups in total. The summed E-state index contributed by atoms with van der Waals surface area (Å²) in [6, 6.07) is 10.8. The molecule has 1 aliphatic carbocycles. The molecule has 0 spiro atoms. The van der Waals surface area contributed by atoms with Crippen LogP contribution in [0.1, 0.15) is 73.1 Å². The molecular formula is C31H40F3N5O2. The summed E-state index contributed by atoms with van der Waals surface area (Å²) in [7, 11) is 0. The maximum atomic E-state index is 13.9. The average Bonchev–Trinajstić information content (AvgIpc) is 2.98. The van der Waals surface area contributed by atoms with E-state index in [9.17, 15) is 22.8 Å². The maximum Gasteiger partial charge on any atom is 0.416 e. The molecule has 2 aromatic rings. The monoisotopic (exact) mass is 571 g/mol. The van der Waals surface area contributed by atoms with Crippen LogP contribution in [0.15, 0.2) is 48.5 Å². The number of carbonyl (C=O) groups is 2. The van der Waals surface area contributed by atoms with Gasteiger partial charge in [-0.15, -0.1) is 0 Å². The topological polar surface area (TPSA) is 120 Å². The van der Waals surface area contributed by atoms with Crippen LogP contribution < -0.4 is 21.7 Å². The molecule has 7 nitrogen and oxygen atoms in total. The lowest BCUT2D eigenvalue weighted by molar-refractivity contribution is -0.137. The molecule has 0 aromatic heterocycles. The smallest absolute Gasteiger partial charge is 0.384 e. The summed E-state index contributed by atoms with van der Waals surface area (Å²) >= 11 is 0. The van der Waals surface area contributed by atoms with Crippen molar-refractivity contribution < 1.29 is 22.8 Å². The van der Waals surface area contributed by atoms with E-state index in [1.807, 2.05) is 0 Å². The lowest BCUT2D eigenvalue weighted by Crippen LogP contribution is -2.53. The summed E-state index contributed by atoms with van der Waals surface area (Å²) in [5.74, 6) is -1.42. The Morgan fingerprint density at radius 1 is 0.976 bits per heavy atom. The third-order valence-electron chi connectivity index (χ3n) is 8.36. The predicted octanol–water partition coefficient (Wildman–Crippen LogP) is 4.50. The highest BCUT2D eigenvalue weighted by Crippen LogP contribution is 2.33. The Morgan fingerprint density at radius 3 is 2.29 bits per heavy atom. The zero-order chi connectivity index (χ0) is 29.4. The van der Waals surface area contributed by atoms with Gasteiger partial charge in [0.05, 0.1) is 11.5 Å². The van der Waals surface area contributed by atoms with Gasteiger partial charge in [-0.3, -0.25) is 15.0 Å². The predicted molar refractivity (Wildman–Crippen MR) is 152 cm³/mol. The summed E-state index contributed by atoms with van der Waals surface area (Å²) in [5.41, 5.74) is 6.17. The van der Waals surface area contributed by atoms with E-state index in [0.717, 1.165) is 70.2 Å². The van der Waals surface area contributed by atoms with E-state index in [1.165, 1.54) is 12.1 Å². The number of nitrogens with two attached hydrogens (primary N) is 1. The summed E-state index contributed by atoms with van der Waals surface area (Å²) in [5, 5.41) is 17.0. The first-order valence-corrected chi connectivity index (χ1v) is 14.5. The first-order chi connectivity index (χ1) is 19.6. The number of hydrogen-bond donors (Lipinski definition) is 5. The Morgan fingerprint density at radius 2 is 1.66 bits per heavy atom. The third kappa shape index (κ3) is 8.55. The first-order valence-electron chi connectivity index (χ1n) is 14.5. The van der Waals surface area contributed by atoms with Gasteiger partial charge in [0.25, 0.3) is 0 Å². The lowest BCUT2D eigenvalue weighted by atomic mass is 9.82. The molecule has 1 unspecified atom stereocenters. The number of piperidine rings is 1. The van der Waals surface area contributed by atoms with Crippen molar-refractivity contribution in [2.24, 2.45) is 17.6 Å². The van der Waals surface area contributed by atoms with E-state index in [1.54, 1.807) is 24.3 Å². The Hall–Kier alpha value is -3.40. The molecular weight excluding hydrogens is 531 g/mol. The first kappa shape index (κ1) is 30.6. The Labute approximate surface area is 239 Å². The second kappa shape index (κ2) is 14.0. The number of amidine groups is 1. The molecule has 1 saturated carbocycles. The van der Waals surface area contributed by atoms with Gasteiger partial charge in [0.2, 0.25) is 11.8 Å². The van der Waals surface area contributed by atoms with Crippen molar-refractivity contribution in [2.45, 2.75) is 69.5 Å². The number of halogens is 3. The fraction of sp³-hybridized carbons (Fsp3) is 0.516. The molecule has 41 heavy (non-hydrogen) atoms. The molecule has 1 aliphatic heterocycles. The number of hydrogen-bond acceptors (Lipinski definition) is 4. The van der Waals surface area contributed by atoms with Crippen LogP contribution in [-0.2, 0) is 22.2 Å². The quantitative estimate of drug-likeness (QED) is 0.213. The second-order valence-electron chi connectivity index (χ2n) is 11.3. The number of carbonyl (C=O) groups excluding carboxylic acids is 2. The van der Waals surface area contributed by atoms with Crippen molar-refractivity contribution in [3.05, 3.63) is 70.8 Å². The normalized spacial score (nSPS) is 18.3. The summed E-state index contributed by atoms with van der Waals surface area (Å²) in [4.78, 5) is 27.4. The average molecular weight is 572 g/mol. The van der Waals surface area contributed by atoms with Gasteiger partial charge < -0.3 is 21.7 Å². The Kier molecular flexibility index (Phi) is 10.4. The molecule has 4 rings (SSSR count). The molecule has 2 aliphatic rings. The van der Waals surface area contributed by atoms with Gasteiger partial charge in [0.15, 0.2) is 0 Å². The summed E-state index contributed by atoms with van der Waals surface area (Å²) < 4.78 is 40.8. The fourth-order valence-corrected chi connectivity index (χ4v) is 5.91. The second-order valence-corrected chi connectivity index (χ2v) is 11.3. The van der Waals surface area contributed by atoms with Crippen LogP contribution in [-0.4, -0.2) is 43.3 Å². The van der Waals surface area contributed by atoms with E-state index in [4.69, 9.17) is 11.1 Å². The number of nitrogen functional groups attached to an aromatic ring is 1. The minimum atomic E-state index is -4.56. The zero-order valence-electron chi connectivity index (χ0n) is 23.2. The van der Waals surface area contributed by atoms with Gasteiger partial charge in [-0.2, -0.15) is 13.2 Å². The van der Waals surface area contributed by atoms with Crippen molar-refractivity contribution in [1.82, 2.24) is 16.0 Å². The van der Waals surface area contributed by atoms with Gasteiger partial charge in [-0.25, -0.2) is 0 Å². The molecule has 2 amide bonds. The highest BCUT2D eigenvalue weighted by Gasteiger charge is 2.35. The van der Waals surface area contributed by atoms with Crippen LogP contribution in [0.3, 0.4) is 0 Å². The molecule has 222 valence electrons. The minimum Gasteiger partial charge on any atom is -0.384 e. The molecule has 1 saturated heterocycles. The Bertz CT molecular complexity index is 1190. The minimum absolute atomic E-state index is 0.0299. The molecule has 0 bridgehead atoms. The van der Waals surface area contributed by atoms with Crippen molar-refractivity contribution in [3.8, 4) is 0 Å². The van der Waals surface area contributed by atoms with E-state index >= 15 is 0 Å². The van der Waals surface area contributed by atoms with Gasteiger partial charge in [0.1, 0.15) is 11.9 Å². The largest absolute Gasteiger partial charge is 0.416 e. The molecule has 10 heteroatoms. The van der Waals surface area contributed by atoms with Crippen LogP contribution in [0.2, 0.25) is 0 Å². The van der Waals surface area contributed by atoms with E-state index in [0.29, 0.717) is 23.6 Å². The molecule has 0 radical (unpaired) electrons. The van der Waals surface area contributed by atoms with Crippen LogP contribution in [0.4, 0.5) is 13.2 Å². The highest BCUT2D eigenvalue weighted by atomic mass is 19.4. The number of rotatable bonds is 10. The van der Waals surface area contributed by atoms with Gasteiger partial charge >= 0.3 is 6.18 Å². The van der Waals surface area contributed by atoms with Crippen LogP contribution in [0.5, 0.6) is 0 Å². The zero-order valence-corrected chi connectivity index (χ0v) is 23.2. The van der Waals surface area contributed by atoms with E-state index in [2.05, 4.69) is 16.0 Å². The highest BCUT2D eigenvalue weighted by molar-refractivity contribution is 5.95. The summed E-state index contributed by atoms with van der Waals surface area (Å²) in [6.07, 6.45) is 2.16. The SMILES string of the molecule is N=C(N)c1ccc(CC(C(=O)N[C@H](C(=O)NCC2CCNCC2)C2CCCCC2)c2cccc(C(F)(F)F)c2)cc1. The van der Waals surface area contributed by atoms with Gasteiger partial charge in [-0.05, 0) is 74.2 Å². The number of benzene rings is 2. The van der Waals surface area contributed by atoms with Gasteiger partial charge in [0, 0.05) is 12.1 Å². The fourth-order valence-electron chi connectivity index (χ4n) is 5.91. The van der Waals surface area contributed by atoms with Crippen molar-refractivity contribution in [3.63, 3.8) is 0 Å². The van der Waals surface area contributed by atoms with Crippen LogP contribution >= 0.6 is 0 Å². The van der Waals surface area contributed by atoms with Crippen LogP contribution in [0, 0.1) is 17.2 Å². The number of nitrogens with one attached hydrogen (secondary N) is 4. The van der Waals surface area contributed by atoms with Gasteiger partial charge in [-0.1, -0.05) is 61.7 Å². The van der Waals surface area contributed by atoms with E-state index in [-0.39, 0.29) is 29.6 Å². The van der Waals surface area contributed by atoms with E-state index < -0.39 is 29.6 Å². The standard InChI is InChI=1S/C31H40F3N5O2/c32-31(33,34)25-8-4-7-24(18-25)26(17-20-9-11-23(12-10-20)28(35)36)29(40)39-27(22-5-2-1-3-6-22)30(41)38-19-21-13-15-37-16-14-21/h4,7-12,18,21-22,26-27,37H,1-3,5-6,13-17,19H2,(H3,35,36)(H,38,41)(H,39,40)/t26?,27-/m0/s1. The summed E-state index contributed by atoms with van der Waals surface area (Å²) in [6.45, 7) is 2.37. The molecule has 2 aromatic carbocycles. The number of alkyl halides is 3. The lowest BCUT2D eigenvalue weighted by Gasteiger charge is -2.32. The third-order valence-corrected chi connectivity index (χ3v) is 8.36.